The number of aliphatic hydroxyl groups is 1. The van der Waals surface area contributed by atoms with Crippen LogP contribution in [0.4, 0.5) is 11.5 Å². The van der Waals surface area contributed by atoms with Crippen LogP contribution in [0.3, 0.4) is 0 Å². The Labute approximate surface area is 138 Å². The molecule has 128 valence electrons. The monoisotopic (exact) mass is 332 g/mol. The van der Waals surface area contributed by atoms with Crippen LogP contribution in [0, 0.1) is 0 Å². The molecule has 2 aromatic rings. The predicted octanol–water partition coefficient (Wildman–Crippen LogP) is 0.271. The molecule has 0 aliphatic carbocycles. The van der Waals surface area contributed by atoms with Crippen molar-refractivity contribution in [2.75, 3.05) is 19.5 Å². The van der Waals surface area contributed by atoms with Crippen molar-refractivity contribution >= 4 is 17.2 Å². The van der Waals surface area contributed by atoms with E-state index in [-0.39, 0.29) is 24.7 Å². The first-order valence-corrected chi connectivity index (χ1v) is 7.26. The molecule has 0 atom stereocenters. The van der Waals surface area contributed by atoms with Crippen LogP contribution in [-0.2, 0) is 13.6 Å². The zero-order valence-electron chi connectivity index (χ0n) is 13.8. The SMILES string of the molecule is COc1ccc(Cn2c(=O)c(N)c(/N=C(\C)CO)n(C)c2=O)cc1. The lowest BCUT2D eigenvalue weighted by molar-refractivity contribution is 0.357. The molecule has 24 heavy (non-hydrogen) atoms. The molecule has 0 spiro atoms. The van der Waals surface area contributed by atoms with Crippen LogP contribution in [0.2, 0.25) is 0 Å². The summed E-state index contributed by atoms with van der Waals surface area (Å²) < 4.78 is 7.32. The molecule has 0 aliphatic rings. The van der Waals surface area contributed by atoms with Crippen LogP contribution in [0.5, 0.6) is 5.75 Å². The molecule has 1 aromatic carbocycles. The zero-order chi connectivity index (χ0) is 17.9. The number of hydrogen-bond acceptors (Lipinski definition) is 6. The van der Waals surface area contributed by atoms with Gasteiger partial charge in [0.2, 0.25) is 0 Å². The Balaban J connectivity index is 2.52. The van der Waals surface area contributed by atoms with E-state index in [1.165, 1.54) is 11.6 Å². The fraction of sp³-hybridized carbons (Fsp3) is 0.312. The molecule has 0 unspecified atom stereocenters. The van der Waals surface area contributed by atoms with Crippen LogP contribution >= 0.6 is 0 Å². The summed E-state index contributed by atoms with van der Waals surface area (Å²) in [6, 6.07) is 7.03. The van der Waals surface area contributed by atoms with Gasteiger partial charge in [0.15, 0.2) is 5.82 Å². The molecule has 1 heterocycles. The zero-order valence-corrected chi connectivity index (χ0v) is 13.8. The van der Waals surface area contributed by atoms with Crippen molar-refractivity contribution in [3.63, 3.8) is 0 Å². The van der Waals surface area contributed by atoms with Crippen molar-refractivity contribution in [1.29, 1.82) is 0 Å². The Morgan fingerprint density at radius 3 is 2.46 bits per heavy atom. The van der Waals surface area contributed by atoms with E-state index in [9.17, 15) is 9.59 Å². The fourth-order valence-corrected chi connectivity index (χ4v) is 2.18. The molecule has 0 saturated carbocycles. The first-order chi connectivity index (χ1) is 11.4. The van der Waals surface area contributed by atoms with Crippen LogP contribution in [-0.4, -0.2) is 33.7 Å². The molecule has 0 fully saturated rings. The van der Waals surface area contributed by atoms with Gasteiger partial charge in [-0.05, 0) is 24.6 Å². The number of aliphatic hydroxyl groups excluding tert-OH is 1. The fourth-order valence-electron chi connectivity index (χ4n) is 2.18. The summed E-state index contributed by atoms with van der Waals surface area (Å²) in [6.45, 7) is 1.37. The standard InChI is InChI=1S/C16H20N4O4/c1-10(9-21)18-14-13(17)15(22)20(16(23)19(14)2)8-11-4-6-12(24-3)7-5-11/h4-7,21H,8-9,17H2,1-3H3/b18-10+. The highest BCUT2D eigenvalue weighted by Crippen LogP contribution is 2.16. The molecule has 0 aliphatic heterocycles. The minimum atomic E-state index is -0.613. The largest absolute Gasteiger partial charge is 0.497 e. The minimum Gasteiger partial charge on any atom is -0.497 e. The minimum absolute atomic E-state index is 0.0440. The number of methoxy groups -OCH3 is 1. The maximum Gasteiger partial charge on any atom is 0.332 e. The number of benzene rings is 1. The van der Waals surface area contributed by atoms with Gasteiger partial charge in [0.1, 0.15) is 11.4 Å². The number of rotatable bonds is 5. The van der Waals surface area contributed by atoms with Gasteiger partial charge in [-0.25, -0.2) is 9.79 Å². The van der Waals surface area contributed by atoms with Crippen molar-refractivity contribution in [2.45, 2.75) is 13.5 Å². The summed E-state index contributed by atoms with van der Waals surface area (Å²) in [5.74, 6) is 0.727. The number of ether oxygens (including phenoxy) is 1. The second kappa shape index (κ2) is 7.14. The van der Waals surface area contributed by atoms with Gasteiger partial charge in [0, 0.05) is 12.8 Å². The summed E-state index contributed by atoms with van der Waals surface area (Å²) in [4.78, 5) is 28.9. The van der Waals surface area contributed by atoms with Gasteiger partial charge in [-0.2, -0.15) is 0 Å². The summed E-state index contributed by atoms with van der Waals surface area (Å²) in [5.41, 5.74) is 5.68. The van der Waals surface area contributed by atoms with E-state index in [0.29, 0.717) is 11.5 Å². The molecule has 2 rings (SSSR count). The van der Waals surface area contributed by atoms with Crippen LogP contribution in [0.1, 0.15) is 12.5 Å². The van der Waals surface area contributed by atoms with Gasteiger partial charge >= 0.3 is 5.69 Å². The number of aromatic nitrogens is 2. The topological polar surface area (TPSA) is 112 Å². The van der Waals surface area contributed by atoms with Gasteiger partial charge in [-0.1, -0.05) is 12.1 Å². The summed E-state index contributed by atoms with van der Waals surface area (Å²) in [7, 11) is 3.04. The first kappa shape index (κ1) is 17.5. The number of nitrogens with zero attached hydrogens (tertiary/aromatic N) is 3. The number of aliphatic imine (C=N–C) groups is 1. The number of nitrogen functional groups attached to an aromatic ring is 1. The van der Waals surface area contributed by atoms with Gasteiger partial charge in [-0.15, -0.1) is 0 Å². The molecule has 3 N–H and O–H groups in total. The van der Waals surface area contributed by atoms with E-state index in [1.54, 1.807) is 38.3 Å². The molecule has 8 heteroatoms. The number of nitrogens with two attached hydrogens (primary N) is 1. The highest BCUT2D eigenvalue weighted by molar-refractivity contribution is 5.86. The van der Waals surface area contributed by atoms with Crippen LogP contribution in [0.15, 0.2) is 38.8 Å². The second-order valence-corrected chi connectivity index (χ2v) is 5.32. The van der Waals surface area contributed by atoms with Crippen molar-refractivity contribution in [1.82, 2.24) is 9.13 Å². The average molecular weight is 332 g/mol. The molecule has 8 nitrogen and oxygen atoms in total. The summed E-state index contributed by atoms with van der Waals surface area (Å²) >= 11 is 0. The van der Waals surface area contributed by atoms with Crippen molar-refractivity contribution in [2.24, 2.45) is 12.0 Å². The van der Waals surface area contributed by atoms with E-state index in [0.717, 1.165) is 10.1 Å². The quantitative estimate of drug-likeness (QED) is 0.763. The Kier molecular flexibility index (Phi) is 5.20. The molecule has 0 radical (unpaired) electrons. The Morgan fingerprint density at radius 2 is 1.92 bits per heavy atom. The van der Waals surface area contributed by atoms with Gasteiger partial charge in [0.25, 0.3) is 5.56 Å². The van der Waals surface area contributed by atoms with Gasteiger partial charge < -0.3 is 15.6 Å². The Bertz CT molecular complexity index is 841. The molecule has 0 bridgehead atoms. The lowest BCUT2D eigenvalue weighted by Crippen LogP contribution is -2.40. The third-order valence-corrected chi connectivity index (χ3v) is 3.58. The smallest absolute Gasteiger partial charge is 0.332 e. The summed E-state index contributed by atoms with van der Waals surface area (Å²) in [5, 5.41) is 9.06. The number of anilines is 1. The lowest BCUT2D eigenvalue weighted by Gasteiger charge is -2.12. The molecule has 0 saturated heterocycles. The van der Waals surface area contributed by atoms with E-state index in [2.05, 4.69) is 4.99 Å². The normalized spacial score (nSPS) is 11.6. The molecular formula is C16H20N4O4. The maximum absolute atomic E-state index is 12.5. The Morgan fingerprint density at radius 1 is 1.29 bits per heavy atom. The third kappa shape index (κ3) is 3.38. The highest BCUT2D eigenvalue weighted by atomic mass is 16.5. The Hall–Kier alpha value is -2.87. The second-order valence-electron chi connectivity index (χ2n) is 5.32. The third-order valence-electron chi connectivity index (χ3n) is 3.58. The van der Waals surface area contributed by atoms with Gasteiger partial charge in [-0.3, -0.25) is 13.9 Å². The lowest BCUT2D eigenvalue weighted by atomic mass is 10.2. The van der Waals surface area contributed by atoms with Crippen molar-refractivity contribution in [3.05, 3.63) is 50.7 Å². The molecular weight excluding hydrogens is 312 g/mol. The van der Waals surface area contributed by atoms with Crippen molar-refractivity contribution < 1.29 is 9.84 Å². The van der Waals surface area contributed by atoms with Crippen molar-refractivity contribution in [3.8, 4) is 5.75 Å². The van der Waals surface area contributed by atoms with E-state index < -0.39 is 11.2 Å². The van der Waals surface area contributed by atoms with E-state index in [1.807, 2.05) is 0 Å². The van der Waals surface area contributed by atoms with Gasteiger partial charge in [0.05, 0.1) is 20.3 Å². The van der Waals surface area contributed by atoms with E-state index in [4.69, 9.17) is 15.6 Å². The highest BCUT2D eigenvalue weighted by Gasteiger charge is 2.15. The maximum atomic E-state index is 12.5. The summed E-state index contributed by atoms with van der Waals surface area (Å²) in [6.07, 6.45) is 0. The molecule has 0 amide bonds. The predicted molar refractivity (Wildman–Crippen MR) is 92.3 cm³/mol. The number of hydrogen-bond donors (Lipinski definition) is 2. The first-order valence-electron chi connectivity index (χ1n) is 7.26. The van der Waals surface area contributed by atoms with E-state index >= 15 is 0 Å². The van der Waals surface area contributed by atoms with Crippen LogP contribution < -0.4 is 21.7 Å². The average Bonchev–Trinajstić information content (AvgIpc) is 2.61. The molecule has 1 aromatic heterocycles. The van der Waals surface area contributed by atoms with Crippen LogP contribution in [0.25, 0.3) is 0 Å².